The van der Waals surface area contributed by atoms with Crippen molar-refractivity contribution in [3.63, 3.8) is 0 Å². The van der Waals surface area contributed by atoms with Crippen LogP contribution in [-0.2, 0) is 0 Å². The van der Waals surface area contributed by atoms with Gasteiger partial charge in [-0.25, -0.2) is 4.98 Å². The van der Waals surface area contributed by atoms with Crippen molar-refractivity contribution in [3.05, 3.63) is 83.4 Å². The zero-order chi connectivity index (χ0) is 18.1. The summed E-state index contributed by atoms with van der Waals surface area (Å²) >= 11 is 0. The molecule has 0 bridgehead atoms. The number of nitrogens with zero attached hydrogens (tertiary/aromatic N) is 1. The molecule has 0 atom stereocenters. The summed E-state index contributed by atoms with van der Waals surface area (Å²) in [5.41, 5.74) is 6.57. The van der Waals surface area contributed by atoms with E-state index in [1.807, 2.05) is 67.6 Å². The summed E-state index contributed by atoms with van der Waals surface area (Å²) in [6.45, 7) is 4.03. The highest BCUT2D eigenvalue weighted by molar-refractivity contribution is 6.04. The number of hydrogen-bond donors (Lipinski definition) is 2. The molecule has 26 heavy (non-hydrogen) atoms. The Hall–Kier alpha value is -3.40. The Morgan fingerprint density at radius 3 is 2.50 bits per heavy atom. The van der Waals surface area contributed by atoms with Crippen molar-refractivity contribution in [1.29, 1.82) is 0 Å². The predicted molar refractivity (Wildman–Crippen MR) is 105 cm³/mol. The number of carbonyl (C=O) groups is 1. The maximum Gasteiger partial charge on any atom is 0.255 e. The second-order valence-electron chi connectivity index (χ2n) is 6.45. The largest absolute Gasteiger partial charge is 0.338 e. The smallest absolute Gasteiger partial charge is 0.255 e. The Morgan fingerprint density at radius 1 is 0.962 bits per heavy atom. The van der Waals surface area contributed by atoms with E-state index in [4.69, 9.17) is 0 Å². The Morgan fingerprint density at radius 2 is 1.73 bits per heavy atom. The standard InChI is InChI=1S/C22H19N3O/c1-14-7-12-19-20(13-14)24-21(23-19)16-8-10-17(11-9-16)22(26)25-18-6-4-3-5-15(18)2/h3-13H,1-2H3,(H,23,24)(H,25,26). The molecule has 4 nitrogen and oxygen atoms in total. The second kappa shape index (κ2) is 6.48. The Labute approximate surface area is 151 Å². The van der Waals surface area contributed by atoms with Gasteiger partial charge in [0.15, 0.2) is 0 Å². The molecule has 0 unspecified atom stereocenters. The van der Waals surface area contributed by atoms with Gasteiger partial charge < -0.3 is 10.3 Å². The molecule has 0 fully saturated rings. The number of amides is 1. The lowest BCUT2D eigenvalue weighted by atomic mass is 10.1. The Balaban J connectivity index is 1.57. The van der Waals surface area contributed by atoms with Crippen molar-refractivity contribution in [2.45, 2.75) is 13.8 Å². The van der Waals surface area contributed by atoms with Gasteiger partial charge in [0, 0.05) is 16.8 Å². The minimum Gasteiger partial charge on any atom is -0.338 e. The number of aromatic amines is 1. The highest BCUT2D eigenvalue weighted by Gasteiger charge is 2.10. The Kier molecular flexibility index (Phi) is 4.01. The van der Waals surface area contributed by atoms with Gasteiger partial charge in [-0.3, -0.25) is 4.79 Å². The van der Waals surface area contributed by atoms with Gasteiger partial charge in [0.1, 0.15) is 5.82 Å². The molecule has 0 radical (unpaired) electrons. The first-order valence-electron chi connectivity index (χ1n) is 8.54. The first kappa shape index (κ1) is 16.1. The van der Waals surface area contributed by atoms with Crippen LogP contribution in [0.1, 0.15) is 21.5 Å². The zero-order valence-corrected chi connectivity index (χ0v) is 14.7. The molecule has 4 aromatic rings. The third-order valence-corrected chi connectivity index (χ3v) is 4.45. The summed E-state index contributed by atoms with van der Waals surface area (Å²) in [6, 6.07) is 21.3. The SMILES string of the molecule is Cc1ccc2nc(-c3ccc(C(=O)Nc4ccccc4C)cc3)[nH]c2c1. The van der Waals surface area contributed by atoms with Crippen LogP contribution in [0.4, 0.5) is 5.69 Å². The molecule has 4 rings (SSSR count). The number of aromatic nitrogens is 2. The van der Waals surface area contributed by atoms with E-state index in [1.165, 1.54) is 5.56 Å². The summed E-state index contributed by atoms with van der Waals surface area (Å²) in [5.74, 6) is 0.683. The number of H-pyrrole nitrogens is 1. The van der Waals surface area contributed by atoms with Crippen molar-refractivity contribution < 1.29 is 4.79 Å². The van der Waals surface area contributed by atoms with Crippen LogP contribution < -0.4 is 5.32 Å². The minimum absolute atomic E-state index is 0.119. The predicted octanol–water partition coefficient (Wildman–Crippen LogP) is 5.10. The average Bonchev–Trinajstić information content (AvgIpc) is 3.07. The van der Waals surface area contributed by atoms with E-state index in [0.717, 1.165) is 33.7 Å². The monoisotopic (exact) mass is 341 g/mol. The molecule has 0 aliphatic heterocycles. The van der Waals surface area contributed by atoms with Crippen molar-refractivity contribution in [2.75, 3.05) is 5.32 Å². The van der Waals surface area contributed by atoms with Crippen LogP contribution in [0.15, 0.2) is 66.7 Å². The van der Waals surface area contributed by atoms with Gasteiger partial charge in [0.2, 0.25) is 0 Å². The number of aryl methyl sites for hydroxylation is 2. The summed E-state index contributed by atoms with van der Waals surface area (Å²) in [4.78, 5) is 20.4. The highest BCUT2D eigenvalue weighted by Crippen LogP contribution is 2.22. The van der Waals surface area contributed by atoms with Crippen molar-refractivity contribution >= 4 is 22.6 Å². The molecule has 2 N–H and O–H groups in total. The minimum atomic E-state index is -0.119. The number of nitrogens with one attached hydrogen (secondary N) is 2. The molecule has 0 spiro atoms. The molecule has 0 aliphatic carbocycles. The molecule has 1 amide bonds. The highest BCUT2D eigenvalue weighted by atomic mass is 16.1. The van der Waals surface area contributed by atoms with E-state index in [1.54, 1.807) is 0 Å². The lowest BCUT2D eigenvalue weighted by Gasteiger charge is -2.08. The summed E-state index contributed by atoms with van der Waals surface area (Å²) < 4.78 is 0. The van der Waals surface area contributed by atoms with Gasteiger partial charge in [-0.05, 0) is 55.3 Å². The number of fused-ring (bicyclic) bond motifs is 1. The number of benzene rings is 3. The first-order valence-corrected chi connectivity index (χ1v) is 8.54. The second-order valence-corrected chi connectivity index (χ2v) is 6.45. The van der Waals surface area contributed by atoms with Gasteiger partial charge in [0.05, 0.1) is 11.0 Å². The number of carbonyl (C=O) groups excluding carboxylic acids is 1. The van der Waals surface area contributed by atoms with Crippen molar-refractivity contribution in [3.8, 4) is 11.4 Å². The fourth-order valence-electron chi connectivity index (χ4n) is 2.95. The number of anilines is 1. The zero-order valence-electron chi connectivity index (χ0n) is 14.7. The first-order chi connectivity index (χ1) is 12.6. The molecular weight excluding hydrogens is 322 g/mol. The Bertz CT molecular complexity index is 1090. The van der Waals surface area contributed by atoms with Crippen molar-refractivity contribution in [2.24, 2.45) is 0 Å². The molecule has 128 valence electrons. The fraction of sp³-hybridized carbons (Fsp3) is 0.0909. The van der Waals surface area contributed by atoms with Crippen LogP contribution >= 0.6 is 0 Å². The average molecular weight is 341 g/mol. The lowest BCUT2D eigenvalue weighted by molar-refractivity contribution is 0.102. The molecule has 3 aromatic carbocycles. The fourth-order valence-corrected chi connectivity index (χ4v) is 2.95. The molecule has 0 aliphatic rings. The van der Waals surface area contributed by atoms with Gasteiger partial charge in [-0.2, -0.15) is 0 Å². The number of hydrogen-bond acceptors (Lipinski definition) is 2. The molecule has 1 aromatic heterocycles. The molecular formula is C22H19N3O. The molecule has 0 saturated heterocycles. The van der Waals surface area contributed by atoms with Crippen LogP contribution in [0.5, 0.6) is 0 Å². The van der Waals surface area contributed by atoms with E-state index in [9.17, 15) is 4.79 Å². The van der Waals surface area contributed by atoms with Crippen molar-refractivity contribution in [1.82, 2.24) is 9.97 Å². The third-order valence-electron chi connectivity index (χ3n) is 4.45. The van der Waals surface area contributed by atoms with Crippen LogP contribution in [0.3, 0.4) is 0 Å². The number of imidazole rings is 1. The maximum atomic E-state index is 12.5. The lowest BCUT2D eigenvalue weighted by Crippen LogP contribution is -2.12. The van der Waals surface area contributed by atoms with Crippen LogP contribution in [-0.4, -0.2) is 15.9 Å². The normalized spacial score (nSPS) is 10.8. The van der Waals surface area contributed by atoms with Gasteiger partial charge in [-0.15, -0.1) is 0 Å². The number of rotatable bonds is 3. The van der Waals surface area contributed by atoms with Crippen LogP contribution in [0.25, 0.3) is 22.4 Å². The van der Waals surface area contributed by atoms with Crippen LogP contribution in [0.2, 0.25) is 0 Å². The van der Waals surface area contributed by atoms with E-state index in [2.05, 4.69) is 28.3 Å². The van der Waals surface area contributed by atoms with E-state index in [0.29, 0.717) is 5.56 Å². The maximum absolute atomic E-state index is 12.5. The summed E-state index contributed by atoms with van der Waals surface area (Å²) in [5, 5.41) is 2.95. The van der Waals surface area contributed by atoms with Gasteiger partial charge >= 0.3 is 0 Å². The topological polar surface area (TPSA) is 57.8 Å². The van der Waals surface area contributed by atoms with E-state index in [-0.39, 0.29) is 5.91 Å². The third kappa shape index (κ3) is 3.09. The summed E-state index contributed by atoms with van der Waals surface area (Å²) in [6.07, 6.45) is 0. The molecule has 4 heteroatoms. The quantitative estimate of drug-likeness (QED) is 0.545. The molecule has 0 saturated carbocycles. The van der Waals surface area contributed by atoms with Gasteiger partial charge in [0.25, 0.3) is 5.91 Å². The van der Waals surface area contributed by atoms with Gasteiger partial charge in [-0.1, -0.05) is 36.4 Å². The number of para-hydroxylation sites is 1. The molecule has 1 heterocycles. The van der Waals surface area contributed by atoms with Crippen LogP contribution in [0, 0.1) is 13.8 Å². The van der Waals surface area contributed by atoms with E-state index < -0.39 is 0 Å². The van der Waals surface area contributed by atoms with E-state index >= 15 is 0 Å². The summed E-state index contributed by atoms with van der Waals surface area (Å²) in [7, 11) is 0.